The SMILES string of the molecule is CCCCCCn1c2ccccc2c2nnc(N/N=C/c3ccc(OCCc4ccccc4)c(OC)c3)nc21. The molecule has 8 heteroatoms. The molecule has 3 aromatic carbocycles. The monoisotopic (exact) mass is 522 g/mol. The highest BCUT2D eigenvalue weighted by molar-refractivity contribution is 6.04. The average molecular weight is 523 g/mol. The standard InChI is InChI=1S/C31H34N6O2/c1-3-4-5-11-19-37-26-15-10-9-14-25(26)29-30(37)33-31(36-34-29)35-32-22-24-16-17-27(28(21-24)38-2)39-20-18-23-12-7-6-8-13-23/h6-10,12-17,21-22H,3-5,11,18-20H2,1-2H3,(H,33,35,36)/b32-22+. The van der Waals surface area contributed by atoms with Crippen LogP contribution in [0.3, 0.4) is 0 Å². The maximum atomic E-state index is 5.96. The number of aromatic nitrogens is 4. The normalized spacial score (nSPS) is 11.4. The number of hydrazone groups is 1. The third-order valence-corrected chi connectivity index (χ3v) is 6.67. The van der Waals surface area contributed by atoms with E-state index >= 15 is 0 Å². The largest absolute Gasteiger partial charge is 0.493 e. The number of unbranched alkanes of at least 4 members (excludes halogenated alkanes) is 3. The molecule has 1 N–H and O–H groups in total. The van der Waals surface area contributed by atoms with E-state index in [4.69, 9.17) is 14.5 Å². The predicted octanol–water partition coefficient (Wildman–Crippen LogP) is 6.64. The average Bonchev–Trinajstić information content (AvgIpc) is 3.29. The van der Waals surface area contributed by atoms with Gasteiger partial charge in [-0.15, -0.1) is 10.2 Å². The number of hydrogen-bond donors (Lipinski definition) is 1. The third kappa shape index (κ3) is 6.34. The lowest BCUT2D eigenvalue weighted by molar-refractivity contribution is 0.297. The van der Waals surface area contributed by atoms with Crippen LogP contribution in [-0.4, -0.2) is 39.7 Å². The summed E-state index contributed by atoms with van der Waals surface area (Å²) in [7, 11) is 1.63. The number of nitrogens with one attached hydrogen (secondary N) is 1. The van der Waals surface area contributed by atoms with Crippen molar-refractivity contribution >= 4 is 34.2 Å². The zero-order valence-electron chi connectivity index (χ0n) is 22.5. The molecule has 0 aliphatic carbocycles. The lowest BCUT2D eigenvalue weighted by Crippen LogP contribution is -2.04. The summed E-state index contributed by atoms with van der Waals surface area (Å²) in [5.74, 6) is 1.70. The second-order valence-electron chi connectivity index (χ2n) is 9.40. The number of para-hydroxylation sites is 1. The first-order valence-corrected chi connectivity index (χ1v) is 13.5. The van der Waals surface area contributed by atoms with Crippen molar-refractivity contribution in [3.8, 4) is 11.5 Å². The summed E-state index contributed by atoms with van der Waals surface area (Å²) in [5.41, 5.74) is 7.78. The molecule has 0 spiro atoms. The van der Waals surface area contributed by atoms with Gasteiger partial charge in [-0.05, 0) is 41.8 Å². The van der Waals surface area contributed by atoms with Crippen LogP contribution in [0.4, 0.5) is 5.95 Å². The maximum Gasteiger partial charge on any atom is 0.265 e. The summed E-state index contributed by atoms with van der Waals surface area (Å²) in [6.45, 7) is 3.68. The number of anilines is 1. The van der Waals surface area contributed by atoms with E-state index in [1.165, 1.54) is 24.8 Å². The van der Waals surface area contributed by atoms with Crippen molar-refractivity contribution in [1.29, 1.82) is 0 Å². The summed E-state index contributed by atoms with van der Waals surface area (Å²) >= 11 is 0. The Bertz CT molecular complexity index is 1550. The Labute approximate surface area is 228 Å². The van der Waals surface area contributed by atoms with Crippen molar-refractivity contribution in [3.05, 3.63) is 83.9 Å². The number of methoxy groups -OCH3 is 1. The van der Waals surface area contributed by atoms with Crippen molar-refractivity contribution in [3.63, 3.8) is 0 Å². The molecule has 200 valence electrons. The van der Waals surface area contributed by atoms with Crippen LogP contribution in [0.2, 0.25) is 0 Å². The van der Waals surface area contributed by atoms with Crippen LogP contribution in [0.1, 0.15) is 43.7 Å². The highest BCUT2D eigenvalue weighted by Gasteiger charge is 2.14. The molecule has 0 saturated carbocycles. The number of hydrogen-bond acceptors (Lipinski definition) is 7. The Morgan fingerprint density at radius 2 is 1.77 bits per heavy atom. The first kappa shape index (κ1) is 26.2. The summed E-state index contributed by atoms with van der Waals surface area (Å²) in [6, 6.07) is 24.2. The number of fused-ring (bicyclic) bond motifs is 3. The molecule has 0 amide bonds. The first-order chi connectivity index (χ1) is 19.3. The molecule has 5 rings (SSSR count). The molecule has 5 aromatic rings. The lowest BCUT2D eigenvalue weighted by Gasteiger charge is -2.11. The van der Waals surface area contributed by atoms with Crippen molar-refractivity contribution in [2.45, 2.75) is 45.6 Å². The number of rotatable bonds is 13. The summed E-state index contributed by atoms with van der Waals surface area (Å²) in [5, 5.41) is 14.2. The molecule has 2 aromatic heterocycles. The molecule has 0 aliphatic rings. The summed E-state index contributed by atoms with van der Waals surface area (Å²) in [4.78, 5) is 4.77. The summed E-state index contributed by atoms with van der Waals surface area (Å²) < 4.78 is 13.8. The Balaban J connectivity index is 1.27. The quantitative estimate of drug-likeness (QED) is 0.106. The molecule has 0 bridgehead atoms. The topological polar surface area (TPSA) is 86.5 Å². The Kier molecular flexibility index (Phi) is 8.63. The number of ether oxygens (including phenoxy) is 2. The van der Waals surface area contributed by atoms with Crippen molar-refractivity contribution in [1.82, 2.24) is 19.7 Å². The van der Waals surface area contributed by atoms with Gasteiger partial charge in [0.2, 0.25) is 0 Å². The van der Waals surface area contributed by atoms with E-state index in [1.807, 2.05) is 42.5 Å². The highest BCUT2D eigenvalue weighted by Crippen LogP contribution is 2.28. The van der Waals surface area contributed by atoms with Gasteiger partial charge in [-0.25, -0.2) is 5.43 Å². The molecular formula is C31H34N6O2. The van der Waals surface area contributed by atoms with E-state index < -0.39 is 0 Å². The minimum Gasteiger partial charge on any atom is -0.493 e. The molecule has 0 atom stereocenters. The fourth-order valence-electron chi connectivity index (χ4n) is 4.65. The Morgan fingerprint density at radius 3 is 2.62 bits per heavy atom. The Morgan fingerprint density at radius 1 is 0.923 bits per heavy atom. The smallest absolute Gasteiger partial charge is 0.265 e. The van der Waals surface area contributed by atoms with Crippen molar-refractivity contribution < 1.29 is 9.47 Å². The van der Waals surface area contributed by atoms with E-state index in [9.17, 15) is 0 Å². The second kappa shape index (κ2) is 12.9. The van der Waals surface area contributed by atoms with Crippen LogP contribution < -0.4 is 14.9 Å². The molecule has 8 nitrogen and oxygen atoms in total. The Hall–Kier alpha value is -4.46. The molecule has 39 heavy (non-hydrogen) atoms. The van der Waals surface area contributed by atoms with Crippen molar-refractivity contribution in [2.24, 2.45) is 5.10 Å². The van der Waals surface area contributed by atoms with Crippen LogP contribution in [-0.2, 0) is 13.0 Å². The highest BCUT2D eigenvalue weighted by atomic mass is 16.5. The minimum atomic E-state index is 0.351. The molecule has 0 unspecified atom stereocenters. The van der Waals surface area contributed by atoms with Gasteiger partial charge in [0.05, 0.1) is 25.4 Å². The van der Waals surface area contributed by atoms with Gasteiger partial charge >= 0.3 is 0 Å². The van der Waals surface area contributed by atoms with E-state index in [0.29, 0.717) is 24.1 Å². The lowest BCUT2D eigenvalue weighted by atomic mass is 10.2. The summed E-state index contributed by atoms with van der Waals surface area (Å²) in [6.07, 6.45) is 7.26. The fourth-order valence-corrected chi connectivity index (χ4v) is 4.65. The van der Waals surface area contributed by atoms with E-state index in [2.05, 4.69) is 62.5 Å². The van der Waals surface area contributed by atoms with Crippen LogP contribution >= 0.6 is 0 Å². The van der Waals surface area contributed by atoms with Crippen LogP contribution in [0.5, 0.6) is 11.5 Å². The molecule has 2 heterocycles. The van der Waals surface area contributed by atoms with E-state index in [0.717, 1.165) is 47.0 Å². The molecule has 0 aliphatic heterocycles. The van der Waals surface area contributed by atoms with Gasteiger partial charge in [0.1, 0.15) is 5.52 Å². The van der Waals surface area contributed by atoms with E-state index in [-0.39, 0.29) is 0 Å². The molecule has 0 fully saturated rings. The first-order valence-electron chi connectivity index (χ1n) is 13.5. The zero-order chi connectivity index (χ0) is 26.9. The zero-order valence-corrected chi connectivity index (χ0v) is 22.5. The number of nitrogens with zero attached hydrogens (tertiary/aromatic N) is 5. The fraction of sp³-hybridized carbons (Fsp3) is 0.290. The van der Waals surface area contributed by atoms with Gasteiger partial charge < -0.3 is 14.0 Å². The van der Waals surface area contributed by atoms with Crippen molar-refractivity contribution in [2.75, 3.05) is 19.1 Å². The van der Waals surface area contributed by atoms with Gasteiger partial charge in [-0.1, -0.05) is 74.7 Å². The molecular weight excluding hydrogens is 488 g/mol. The third-order valence-electron chi connectivity index (χ3n) is 6.67. The molecule has 0 saturated heterocycles. The molecule has 0 radical (unpaired) electrons. The number of benzene rings is 3. The minimum absolute atomic E-state index is 0.351. The van der Waals surface area contributed by atoms with E-state index in [1.54, 1.807) is 13.3 Å². The van der Waals surface area contributed by atoms with Gasteiger partial charge in [0.15, 0.2) is 17.1 Å². The predicted molar refractivity (Wildman–Crippen MR) is 157 cm³/mol. The van der Waals surface area contributed by atoms with Gasteiger partial charge in [0.25, 0.3) is 5.95 Å². The maximum absolute atomic E-state index is 5.96. The van der Waals surface area contributed by atoms with Gasteiger partial charge in [-0.2, -0.15) is 10.1 Å². The van der Waals surface area contributed by atoms with Crippen LogP contribution in [0.15, 0.2) is 77.9 Å². The van der Waals surface area contributed by atoms with Gasteiger partial charge in [-0.3, -0.25) is 0 Å². The number of aryl methyl sites for hydroxylation is 1. The van der Waals surface area contributed by atoms with Crippen LogP contribution in [0, 0.1) is 0 Å². The van der Waals surface area contributed by atoms with Crippen LogP contribution in [0.25, 0.3) is 22.1 Å². The van der Waals surface area contributed by atoms with Gasteiger partial charge in [0, 0.05) is 18.4 Å². The second-order valence-corrected chi connectivity index (χ2v) is 9.40.